The minimum atomic E-state index is -0.469. The molecule has 0 atom stereocenters. The molecule has 0 fully saturated rings. The molecule has 1 amide bonds. The van der Waals surface area contributed by atoms with Crippen LogP contribution in [0.4, 0.5) is 5.69 Å². The molecule has 3 aromatic carbocycles. The third kappa shape index (κ3) is 4.59. The van der Waals surface area contributed by atoms with Gasteiger partial charge in [-0.1, -0.05) is 54.6 Å². The van der Waals surface area contributed by atoms with Crippen molar-refractivity contribution in [3.8, 4) is 22.4 Å². The molecule has 4 rings (SSSR count). The number of nitrogens with zero attached hydrogens (tertiary/aromatic N) is 3. The molecule has 0 saturated heterocycles. The monoisotopic (exact) mass is 425 g/mol. The number of hydrazone groups is 1. The van der Waals surface area contributed by atoms with Crippen LogP contribution in [0.25, 0.3) is 22.4 Å². The van der Waals surface area contributed by atoms with Crippen LogP contribution in [-0.2, 0) is 0 Å². The van der Waals surface area contributed by atoms with E-state index in [9.17, 15) is 14.9 Å². The van der Waals surface area contributed by atoms with Crippen LogP contribution >= 0.6 is 0 Å². The molecule has 0 saturated carbocycles. The Morgan fingerprint density at radius 2 is 1.56 bits per heavy atom. The smallest absolute Gasteiger partial charge is 0.272 e. The van der Waals surface area contributed by atoms with E-state index in [-0.39, 0.29) is 11.4 Å². The second kappa shape index (κ2) is 9.05. The van der Waals surface area contributed by atoms with Gasteiger partial charge in [0, 0.05) is 17.7 Å². The Kier molecular flexibility index (Phi) is 5.85. The van der Waals surface area contributed by atoms with Gasteiger partial charge in [-0.05, 0) is 41.8 Å². The van der Waals surface area contributed by atoms with Crippen molar-refractivity contribution < 1.29 is 9.72 Å². The van der Waals surface area contributed by atoms with Gasteiger partial charge in [-0.15, -0.1) is 0 Å². The van der Waals surface area contributed by atoms with Gasteiger partial charge in [0.2, 0.25) is 0 Å². The average molecular weight is 425 g/mol. The predicted molar refractivity (Wildman–Crippen MR) is 122 cm³/mol. The zero-order chi connectivity index (χ0) is 22.5. The number of nitrogens with one attached hydrogen (secondary N) is 2. The van der Waals surface area contributed by atoms with Gasteiger partial charge in [0.15, 0.2) is 0 Å². The van der Waals surface area contributed by atoms with E-state index in [1.165, 1.54) is 12.1 Å². The van der Waals surface area contributed by atoms with Crippen molar-refractivity contribution in [2.45, 2.75) is 6.92 Å². The van der Waals surface area contributed by atoms with Crippen LogP contribution in [-0.4, -0.2) is 26.7 Å². The van der Waals surface area contributed by atoms with Gasteiger partial charge in [-0.2, -0.15) is 10.2 Å². The zero-order valence-corrected chi connectivity index (χ0v) is 17.1. The van der Waals surface area contributed by atoms with E-state index in [1.54, 1.807) is 25.1 Å². The van der Waals surface area contributed by atoms with E-state index < -0.39 is 10.8 Å². The predicted octanol–water partition coefficient (Wildman–Crippen LogP) is 4.81. The van der Waals surface area contributed by atoms with Crippen LogP contribution in [0.15, 0.2) is 90.0 Å². The van der Waals surface area contributed by atoms with Crippen LogP contribution in [0.5, 0.6) is 0 Å². The van der Waals surface area contributed by atoms with Gasteiger partial charge in [-0.3, -0.25) is 20.0 Å². The van der Waals surface area contributed by atoms with Crippen molar-refractivity contribution in [3.05, 3.63) is 106 Å². The van der Waals surface area contributed by atoms with Gasteiger partial charge in [0.25, 0.3) is 11.6 Å². The Morgan fingerprint density at radius 3 is 2.22 bits per heavy atom. The van der Waals surface area contributed by atoms with E-state index in [2.05, 4.69) is 20.7 Å². The second-order valence-corrected chi connectivity index (χ2v) is 7.05. The molecule has 0 aliphatic carbocycles. The van der Waals surface area contributed by atoms with E-state index in [0.717, 1.165) is 16.7 Å². The zero-order valence-electron chi connectivity index (χ0n) is 17.1. The summed E-state index contributed by atoms with van der Waals surface area (Å²) in [5, 5.41) is 21.8. The summed E-state index contributed by atoms with van der Waals surface area (Å²) in [6.45, 7) is 1.70. The van der Waals surface area contributed by atoms with Crippen molar-refractivity contribution >= 4 is 17.3 Å². The molecular formula is C24H19N5O3. The Labute approximate surface area is 183 Å². The topological polar surface area (TPSA) is 113 Å². The molecule has 0 unspecified atom stereocenters. The van der Waals surface area contributed by atoms with Crippen molar-refractivity contribution in [2.75, 3.05) is 0 Å². The molecule has 1 heterocycles. The summed E-state index contributed by atoms with van der Waals surface area (Å²) in [7, 11) is 0. The normalized spacial score (nSPS) is 11.2. The Hall–Kier alpha value is -4.59. The fourth-order valence-corrected chi connectivity index (χ4v) is 3.13. The maximum atomic E-state index is 12.4. The summed E-state index contributed by atoms with van der Waals surface area (Å²) >= 11 is 0. The van der Waals surface area contributed by atoms with Crippen LogP contribution in [0.2, 0.25) is 0 Å². The van der Waals surface area contributed by atoms with Gasteiger partial charge in [0.1, 0.15) is 5.69 Å². The third-order valence-electron chi connectivity index (χ3n) is 4.93. The lowest BCUT2D eigenvalue weighted by Crippen LogP contribution is -2.19. The average Bonchev–Trinajstić information content (AvgIpc) is 3.33. The highest BCUT2D eigenvalue weighted by molar-refractivity contribution is 6.00. The first-order valence-electron chi connectivity index (χ1n) is 9.82. The van der Waals surface area contributed by atoms with Crippen molar-refractivity contribution in [1.29, 1.82) is 0 Å². The summed E-state index contributed by atoms with van der Waals surface area (Å²) < 4.78 is 0. The Bertz CT molecular complexity index is 1280. The molecule has 0 spiro atoms. The summed E-state index contributed by atoms with van der Waals surface area (Å²) in [4.78, 5) is 22.7. The third-order valence-corrected chi connectivity index (χ3v) is 4.93. The largest absolute Gasteiger partial charge is 0.289 e. The second-order valence-electron chi connectivity index (χ2n) is 7.05. The number of non-ortho nitro benzene ring substituents is 1. The number of rotatable bonds is 6. The fraction of sp³-hybridized carbons (Fsp3) is 0.0417. The number of nitro benzene ring substituents is 1. The van der Waals surface area contributed by atoms with Gasteiger partial charge >= 0.3 is 0 Å². The fourth-order valence-electron chi connectivity index (χ4n) is 3.13. The number of aromatic amines is 1. The highest BCUT2D eigenvalue weighted by atomic mass is 16.6. The van der Waals surface area contributed by atoms with E-state index in [1.807, 2.05) is 54.6 Å². The first-order chi connectivity index (χ1) is 15.5. The molecule has 8 nitrogen and oxygen atoms in total. The van der Waals surface area contributed by atoms with Crippen LogP contribution in [0.3, 0.4) is 0 Å². The molecule has 8 heteroatoms. The quantitative estimate of drug-likeness (QED) is 0.262. The molecule has 0 aliphatic rings. The minimum Gasteiger partial charge on any atom is -0.272 e. The number of hydrogen-bond donors (Lipinski definition) is 2. The molecule has 0 bridgehead atoms. The first-order valence-corrected chi connectivity index (χ1v) is 9.82. The van der Waals surface area contributed by atoms with Crippen molar-refractivity contribution in [3.63, 3.8) is 0 Å². The van der Waals surface area contributed by atoms with E-state index in [4.69, 9.17) is 0 Å². The van der Waals surface area contributed by atoms with Gasteiger partial charge in [0.05, 0.1) is 16.3 Å². The SMILES string of the molecule is C/C(=N\NC(=O)c1cc(-c2ccc(-c3ccccc3)cc2)n[nH]1)c1ccc([N+](=O)[O-])cc1. The van der Waals surface area contributed by atoms with E-state index >= 15 is 0 Å². The molecule has 1 aromatic heterocycles. The molecular weight excluding hydrogens is 406 g/mol. The summed E-state index contributed by atoms with van der Waals surface area (Å²) in [6.07, 6.45) is 0. The summed E-state index contributed by atoms with van der Waals surface area (Å²) in [6, 6.07) is 25.6. The lowest BCUT2D eigenvalue weighted by molar-refractivity contribution is -0.384. The van der Waals surface area contributed by atoms with Gasteiger partial charge < -0.3 is 0 Å². The van der Waals surface area contributed by atoms with Crippen molar-refractivity contribution in [1.82, 2.24) is 15.6 Å². The molecule has 0 aliphatic heterocycles. The summed E-state index contributed by atoms with van der Waals surface area (Å²) in [5.74, 6) is -0.439. The number of carbonyl (C=O) groups excluding carboxylic acids is 1. The number of carbonyl (C=O) groups is 1. The number of hydrogen-bond acceptors (Lipinski definition) is 5. The number of benzene rings is 3. The Balaban J connectivity index is 1.43. The maximum absolute atomic E-state index is 12.4. The maximum Gasteiger partial charge on any atom is 0.289 e. The number of nitro groups is 1. The number of amides is 1. The Morgan fingerprint density at radius 1 is 0.938 bits per heavy atom. The molecule has 2 N–H and O–H groups in total. The first kappa shape index (κ1) is 20.7. The molecule has 158 valence electrons. The van der Waals surface area contributed by atoms with Crippen LogP contribution in [0.1, 0.15) is 23.0 Å². The number of H-pyrrole nitrogens is 1. The minimum absolute atomic E-state index is 0.00706. The highest BCUT2D eigenvalue weighted by Crippen LogP contribution is 2.24. The lowest BCUT2D eigenvalue weighted by atomic mass is 10.0. The van der Waals surface area contributed by atoms with E-state index in [0.29, 0.717) is 17.0 Å². The van der Waals surface area contributed by atoms with Crippen LogP contribution in [0, 0.1) is 10.1 Å². The molecule has 32 heavy (non-hydrogen) atoms. The summed E-state index contributed by atoms with van der Waals surface area (Å²) in [5.41, 5.74) is 7.67. The number of aromatic nitrogens is 2. The highest BCUT2D eigenvalue weighted by Gasteiger charge is 2.12. The lowest BCUT2D eigenvalue weighted by Gasteiger charge is -2.02. The standard InChI is InChI=1S/C24H19N5O3/c1-16(17-11-13-21(14-12-17)29(31)32)25-28-24(30)23-15-22(26-27-23)20-9-7-19(8-10-20)18-5-3-2-4-6-18/h2-15H,1H3,(H,26,27)(H,28,30)/b25-16+. The van der Waals surface area contributed by atoms with Crippen molar-refractivity contribution in [2.24, 2.45) is 5.10 Å². The van der Waals surface area contributed by atoms with Crippen LogP contribution < -0.4 is 5.43 Å². The molecule has 0 radical (unpaired) electrons. The van der Waals surface area contributed by atoms with Gasteiger partial charge in [-0.25, -0.2) is 5.43 Å². The molecule has 4 aromatic rings.